The van der Waals surface area contributed by atoms with Gasteiger partial charge in [-0.3, -0.25) is 0 Å². The van der Waals surface area contributed by atoms with Crippen LogP contribution in [0, 0.1) is 0 Å². The van der Waals surface area contributed by atoms with E-state index < -0.39 is 19.8 Å². The Morgan fingerprint density at radius 1 is 0.783 bits per heavy atom. The fourth-order valence-corrected chi connectivity index (χ4v) is 8.21. The number of hydrogen-bond donors (Lipinski definition) is 0. The summed E-state index contributed by atoms with van der Waals surface area (Å²) in [4.78, 5) is 0. The standard InChI is InChI=1S/C15H36O6Si2/c1-8-12-14(13-22,16-5)15(17-6,18-7)23(19-9-2,20-10-3)21-11-4/h8-13H2,1-7,22H3. The van der Waals surface area contributed by atoms with Crippen molar-refractivity contribution < 1.29 is 27.5 Å². The highest BCUT2D eigenvalue weighted by Gasteiger charge is 2.73. The average molecular weight is 369 g/mol. The van der Waals surface area contributed by atoms with Crippen LogP contribution in [0.25, 0.3) is 0 Å². The van der Waals surface area contributed by atoms with E-state index in [-0.39, 0.29) is 0 Å². The minimum absolute atomic E-state index is 0.452. The van der Waals surface area contributed by atoms with E-state index in [1.807, 2.05) is 20.8 Å². The Hall–Kier alpha value is 0.194. The molecular formula is C15H36O6Si2. The first-order valence-electron chi connectivity index (χ1n) is 8.56. The lowest BCUT2D eigenvalue weighted by molar-refractivity contribution is -0.287. The third kappa shape index (κ3) is 4.24. The Morgan fingerprint density at radius 3 is 1.43 bits per heavy atom. The SMILES string of the molecule is CCCC(C[SiH3])(OC)C(OC)(OC)[Si](OCC)(OCC)OCC. The molecule has 0 amide bonds. The lowest BCUT2D eigenvalue weighted by atomic mass is 9.98. The molecule has 0 aliphatic carbocycles. The van der Waals surface area contributed by atoms with Gasteiger partial charge in [0.1, 0.15) is 5.60 Å². The van der Waals surface area contributed by atoms with Crippen LogP contribution in [0.3, 0.4) is 0 Å². The second-order valence-corrected chi connectivity index (χ2v) is 8.53. The van der Waals surface area contributed by atoms with Crippen LogP contribution in [0.2, 0.25) is 6.04 Å². The van der Waals surface area contributed by atoms with Crippen LogP contribution in [0.4, 0.5) is 0 Å². The van der Waals surface area contributed by atoms with Gasteiger partial charge in [-0.1, -0.05) is 13.3 Å². The van der Waals surface area contributed by atoms with Crippen LogP contribution in [-0.2, 0) is 27.5 Å². The summed E-state index contributed by atoms with van der Waals surface area (Å²) in [7, 11) is 2.52. The predicted octanol–water partition coefficient (Wildman–Crippen LogP) is 1.53. The summed E-state index contributed by atoms with van der Waals surface area (Å²) in [5.41, 5.74) is -1.86. The molecule has 0 aliphatic rings. The Kier molecular flexibility index (Phi) is 11.0. The summed E-state index contributed by atoms with van der Waals surface area (Å²) in [5.74, 6) is 0. The molecule has 8 heteroatoms. The molecule has 1 unspecified atom stereocenters. The summed E-state index contributed by atoms with van der Waals surface area (Å²) in [6.07, 6.45) is 1.70. The second-order valence-electron chi connectivity index (χ2n) is 5.18. The maximum absolute atomic E-state index is 6.09. The molecule has 1 atom stereocenters. The molecule has 0 bridgehead atoms. The van der Waals surface area contributed by atoms with Gasteiger partial charge in [0.15, 0.2) is 0 Å². The minimum atomic E-state index is -3.34. The van der Waals surface area contributed by atoms with Crippen molar-refractivity contribution in [3.63, 3.8) is 0 Å². The van der Waals surface area contributed by atoms with E-state index in [0.717, 1.165) is 29.1 Å². The first-order valence-corrected chi connectivity index (χ1v) is 11.7. The maximum Gasteiger partial charge on any atom is 0.567 e. The molecule has 0 radical (unpaired) electrons. The molecule has 23 heavy (non-hydrogen) atoms. The molecule has 0 aromatic heterocycles. The zero-order valence-electron chi connectivity index (χ0n) is 16.2. The van der Waals surface area contributed by atoms with Crippen LogP contribution in [-0.4, -0.2) is 71.2 Å². The summed E-state index contributed by atoms with van der Waals surface area (Å²) in [6.45, 7) is 9.24. The molecule has 0 saturated carbocycles. The second kappa shape index (κ2) is 10.9. The Bertz CT molecular complexity index is 291. The van der Waals surface area contributed by atoms with Crippen LogP contribution in [0.15, 0.2) is 0 Å². The van der Waals surface area contributed by atoms with Gasteiger partial charge in [0.25, 0.3) is 5.41 Å². The molecular weight excluding hydrogens is 332 g/mol. The number of hydrogen-bond acceptors (Lipinski definition) is 6. The highest BCUT2D eigenvalue weighted by Crippen LogP contribution is 2.44. The Morgan fingerprint density at radius 2 is 1.22 bits per heavy atom. The molecule has 140 valence electrons. The van der Waals surface area contributed by atoms with Crippen LogP contribution >= 0.6 is 0 Å². The number of ether oxygens (including phenoxy) is 3. The summed E-state index contributed by atoms with van der Waals surface area (Å²) in [5, 5.41) is 0. The smallest absolute Gasteiger partial charge is 0.373 e. The van der Waals surface area contributed by atoms with E-state index in [1.54, 1.807) is 21.3 Å². The van der Waals surface area contributed by atoms with Gasteiger partial charge in [-0.2, -0.15) is 0 Å². The third-order valence-electron chi connectivity index (χ3n) is 4.20. The topological polar surface area (TPSA) is 55.4 Å². The molecule has 0 aromatic carbocycles. The molecule has 0 aliphatic heterocycles. The first-order chi connectivity index (χ1) is 11.0. The number of methoxy groups -OCH3 is 3. The van der Waals surface area contributed by atoms with Gasteiger partial charge in [0.2, 0.25) is 0 Å². The minimum Gasteiger partial charge on any atom is -0.373 e. The van der Waals surface area contributed by atoms with Gasteiger partial charge >= 0.3 is 8.80 Å². The lowest BCUT2D eigenvalue weighted by Gasteiger charge is -2.52. The molecule has 0 aromatic rings. The fraction of sp³-hybridized carbons (Fsp3) is 1.00. The van der Waals surface area contributed by atoms with Crippen molar-refractivity contribution in [1.82, 2.24) is 0 Å². The Balaban J connectivity index is 6.36. The van der Waals surface area contributed by atoms with Crippen molar-refractivity contribution in [1.29, 1.82) is 0 Å². The van der Waals surface area contributed by atoms with Crippen molar-refractivity contribution in [3.8, 4) is 0 Å². The van der Waals surface area contributed by atoms with E-state index in [1.165, 1.54) is 0 Å². The summed E-state index contributed by atoms with van der Waals surface area (Å²) < 4.78 is 36.2. The molecule has 0 heterocycles. The normalized spacial score (nSPS) is 15.8. The maximum atomic E-state index is 6.09. The largest absolute Gasteiger partial charge is 0.567 e. The van der Waals surface area contributed by atoms with E-state index in [2.05, 4.69) is 6.92 Å². The first kappa shape index (κ1) is 23.2. The molecule has 6 nitrogen and oxygen atoms in total. The van der Waals surface area contributed by atoms with Crippen molar-refractivity contribution >= 4 is 19.0 Å². The Labute approximate surface area is 145 Å². The van der Waals surface area contributed by atoms with E-state index in [4.69, 9.17) is 27.5 Å². The molecule has 0 spiro atoms. The molecule has 0 N–H and O–H groups in total. The molecule has 0 saturated heterocycles. The average Bonchev–Trinajstić information content (AvgIpc) is 2.56. The van der Waals surface area contributed by atoms with E-state index in [0.29, 0.717) is 19.8 Å². The molecule has 0 rings (SSSR count). The summed E-state index contributed by atoms with van der Waals surface area (Å²) >= 11 is 0. The van der Waals surface area contributed by atoms with Crippen LogP contribution < -0.4 is 0 Å². The third-order valence-corrected chi connectivity index (χ3v) is 9.02. The number of rotatable bonds is 14. The highest BCUT2D eigenvalue weighted by molar-refractivity contribution is 6.64. The van der Waals surface area contributed by atoms with Crippen molar-refractivity contribution in [2.75, 3.05) is 41.2 Å². The zero-order chi connectivity index (χ0) is 18.0. The predicted molar refractivity (Wildman–Crippen MR) is 96.8 cm³/mol. The molecule has 0 fully saturated rings. The van der Waals surface area contributed by atoms with Gasteiger partial charge in [-0.05, 0) is 33.2 Å². The van der Waals surface area contributed by atoms with Crippen molar-refractivity contribution in [2.45, 2.75) is 57.6 Å². The van der Waals surface area contributed by atoms with E-state index in [9.17, 15) is 0 Å². The highest BCUT2D eigenvalue weighted by atomic mass is 28.4. The van der Waals surface area contributed by atoms with Crippen molar-refractivity contribution in [2.24, 2.45) is 0 Å². The van der Waals surface area contributed by atoms with E-state index >= 15 is 0 Å². The van der Waals surface area contributed by atoms with Gasteiger partial charge in [0.05, 0.1) is 0 Å². The van der Waals surface area contributed by atoms with Crippen molar-refractivity contribution in [3.05, 3.63) is 0 Å². The van der Waals surface area contributed by atoms with Gasteiger partial charge < -0.3 is 27.5 Å². The van der Waals surface area contributed by atoms with Gasteiger partial charge in [0, 0.05) is 51.4 Å². The van der Waals surface area contributed by atoms with Gasteiger partial charge in [-0.25, -0.2) is 0 Å². The lowest BCUT2D eigenvalue weighted by Crippen LogP contribution is -2.77. The van der Waals surface area contributed by atoms with Crippen LogP contribution in [0.5, 0.6) is 0 Å². The fourth-order valence-electron chi connectivity index (χ4n) is 3.32. The zero-order valence-corrected chi connectivity index (χ0v) is 19.2. The van der Waals surface area contributed by atoms with Crippen LogP contribution in [0.1, 0.15) is 40.5 Å². The summed E-state index contributed by atoms with van der Waals surface area (Å²) in [6, 6.07) is 0.820. The monoisotopic (exact) mass is 368 g/mol. The van der Waals surface area contributed by atoms with Gasteiger partial charge in [-0.15, -0.1) is 0 Å². The quantitative estimate of drug-likeness (QED) is 0.342.